The van der Waals surface area contributed by atoms with Crippen molar-refractivity contribution in [2.75, 3.05) is 6.61 Å². The molecule has 1 rings (SSSR count). The van der Waals surface area contributed by atoms with Gasteiger partial charge in [0.1, 0.15) is 0 Å². The second kappa shape index (κ2) is 7.13. The first-order chi connectivity index (χ1) is 8.56. The predicted octanol–water partition coefficient (Wildman–Crippen LogP) is 1.97. The Morgan fingerprint density at radius 2 is 2.06 bits per heavy atom. The lowest BCUT2D eigenvalue weighted by molar-refractivity contribution is -0.137. The van der Waals surface area contributed by atoms with E-state index < -0.39 is 8.32 Å². The van der Waals surface area contributed by atoms with Gasteiger partial charge in [-0.2, -0.15) is 0 Å². The van der Waals surface area contributed by atoms with Gasteiger partial charge in [0.15, 0.2) is 0 Å². The molecule has 0 saturated carbocycles. The van der Waals surface area contributed by atoms with Gasteiger partial charge in [0.05, 0.1) is 6.61 Å². The van der Waals surface area contributed by atoms with Crippen LogP contribution in [0.15, 0.2) is 42.5 Å². The van der Waals surface area contributed by atoms with Crippen molar-refractivity contribution in [3.05, 3.63) is 42.5 Å². The van der Waals surface area contributed by atoms with E-state index in [2.05, 4.69) is 0 Å². The molecule has 0 aliphatic heterocycles. The largest absolute Gasteiger partial charge is 0.463 e. The first kappa shape index (κ1) is 14.7. The van der Waals surface area contributed by atoms with E-state index >= 15 is 0 Å². The Kier molecular flexibility index (Phi) is 5.81. The van der Waals surface area contributed by atoms with E-state index in [0.29, 0.717) is 19.1 Å². The highest BCUT2D eigenvalue weighted by Gasteiger charge is 2.26. The van der Waals surface area contributed by atoms with Crippen molar-refractivity contribution in [2.45, 2.75) is 25.9 Å². The average molecular weight is 264 g/mol. The smallest absolute Gasteiger partial charge is 0.330 e. The number of carbonyl (C=O) groups excluding carboxylic acids is 1. The SMILES string of the molecule is CC=CC(=O)OCCC[Si](C)(O)c1ccccc1. The number of esters is 1. The van der Waals surface area contributed by atoms with Crippen LogP contribution in [0.3, 0.4) is 0 Å². The van der Waals surface area contributed by atoms with Gasteiger partial charge in [-0.15, -0.1) is 0 Å². The van der Waals surface area contributed by atoms with E-state index in [1.165, 1.54) is 6.08 Å². The summed E-state index contributed by atoms with van der Waals surface area (Å²) in [5, 5.41) is 1.02. The summed E-state index contributed by atoms with van der Waals surface area (Å²) in [6.45, 7) is 4.05. The Hall–Kier alpha value is -1.39. The Morgan fingerprint density at radius 1 is 1.39 bits per heavy atom. The molecule has 1 aromatic rings. The molecule has 0 amide bonds. The number of carbonyl (C=O) groups is 1. The molecule has 3 nitrogen and oxygen atoms in total. The fourth-order valence-corrected chi connectivity index (χ4v) is 3.75. The zero-order valence-electron chi connectivity index (χ0n) is 10.9. The third-order valence-corrected chi connectivity index (χ3v) is 5.65. The van der Waals surface area contributed by atoms with Crippen molar-refractivity contribution in [2.24, 2.45) is 0 Å². The summed E-state index contributed by atoms with van der Waals surface area (Å²) in [4.78, 5) is 21.5. The summed E-state index contributed by atoms with van der Waals surface area (Å²) in [6, 6.07) is 10.4. The maximum atomic E-state index is 11.1. The van der Waals surface area contributed by atoms with Crippen LogP contribution in [-0.2, 0) is 9.53 Å². The number of rotatable bonds is 6. The van der Waals surface area contributed by atoms with Crippen LogP contribution < -0.4 is 5.19 Å². The zero-order valence-corrected chi connectivity index (χ0v) is 11.9. The molecule has 0 saturated heterocycles. The van der Waals surface area contributed by atoms with E-state index in [0.717, 1.165) is 5.19 Å². The molecule has 0 bridgehead atoms. The van der Waals surface area contributed by atoms with Crippen LogP contribution in [0.2, 0.25) is 12.6 Å². The van der Waals surface area contributed by atoms with E-state index in [1.807, 2.05) is 36.9 Å². The number of hydrogen-bond acceptors (Lipinski definition) is 3. The Bertz CT molecular complexity index is 399. The van der Waals surface area contributed by atoms with Gasteiger partial charge in [-0.1, -0.05) is 36.4 Å². The van der Waals surface area contributed by atoms with E-state index in [9.17, 15) is 9.59 Å². The summed E-state index contributed by atoms with van der Waals surface area (Å²) >= 11 is 0. The molecule has 98 valence electrons. The van der Waals surface area contributed by atoms with Crippen molar-refractivity contribution in [3.63, 3.8) is 0 Å². The van der Waals surface area contributed by atoms with Crippen molar-refractivity contribution in [1.29, 1.82) is 0 Å². The summed E-state index contributed by atoms with van der Waals surface area (Å²) < 4.78 is 5.00. The highest BCUT2D eigenvalue weighted by atomic mass is 28.4. The van der Waals surface area contributed by atoms with Crippen molar-refractivity contribution < 1.29 is 14.3 Å². The van der Waals surface area contributed by atoms with Crippen LogP contribution in [0.4, 0.5) is 0 Å². The highest BCUT2D eigenvalue weighted by molar-refractivity contribution is 6.84. The van der Waals surface area contributed by atoms with Gasteiger partial charge in [0, 0.05) is 6.08 Å². The third kappa shape index (κ3) is 4.85. The first-order valence-corrected chi connectivity index (χ1v) is 8.79. The molecule has 0 aromatic heterocycles. The Balaban J connectivity index is 2.37. The summed E-state index contributed by atoms with van der Waals surface area (Å²) in [6.07, 6.45) is 3.74. The van der Waals surface area contributed by atoms with Crippen molar-refractivity contribution in [3.8, 4) is 0 Å². The summed E-state index contributed by atoms with van der Waals surface area (Å²) in [5.41, 5.74) is 0. The van der Waals surface area contributed by atoms with Crippen LogP contribution in [0.1, 0.15) is 13.3 Å². The minimum absolute atomic E-state index is 0.321. The van der Waals surface area contributed by atoms with Crippen LogP contribution in [0, 0.1) is 0 Å². The molecule has 1 N–H and O–H groups in total. The molecule has 1 unspecified atom stereocenters. The van der Waals surface area contributed by atoms with Gasteiger partial charge >= 0.3 is 5.97 Å². The van der Waals surface area contributed by atoms with Crippen LogP contribution in [-0.4, -0.2) is 25.7 Å². The first-order valence-electron chi connectivity index (χ1n) is 6.13. The fourth-order valence-electron chi connectivity index (χ4n) is 1.71. The normalized spacial score (nSPS) is 14.4. The number of benzene rings is 1. The number of ether oxygens (including phenoxy) is 1. The minimum Gasteiger partial charge on any atom is -0.463 e. The molecule has 0 fully saturated rings. The van der Waals surface area contributed by atoms with Gasteiger partial charge in [-0.05, 0) is 31.1 Å². The van der Waals surface area contributed by atoms with E-state index in [-0.39, 0.29) is 5.97 Å². The molecule has 0 radical (unpaired) electrons. The van der Waals surface area contributed by atoms with Crippen LogP contribution >= 0.6 is 0 Å². The molecular weight excluding hydrogens is 244 g/mol. The second-order valence-corrected chi connectivity index (χ2v) is 8.04. The van der Waals surface area contributed by atoms with Crippen molar-refractivity contribution >= 4 is 19.5 Å². The van der Waals surface area contributed by atoms with Crippen LogP contribution in [0.25, 0.3) is 0 Å². The summed E-state index contributed by atoms with van der Waals surface area (Å²) in [5.74, 6) is -0.321. The second-order valence-electron chi connectivity index (χ2n) is 4.41. The van der Waals surface area contributed by atoms with E-state index in [4.69, 9.17) is 4.74 Å². The molecule has 0 aliphatic carbocycles. The lowest BCUT2D eigenvalue weighted by Crippen LogP contribution is -2.44. The Labute approximate surface area is 109 Å². The number of hydrogen-bond donors (Lipinski definition) is 1. The fraction of sp³-hybridized carbons (Fsp3) is 0.357. The molecular formula is C14H20O3Si. The molecule has 0 heterocycles. The van der Waals surface area contributed by atoms with Gasteiger partial charge < -0.3 is 9.53 Å². The zero-order chi connectivity index (χ0) is 13.4. The molecule has 1 aromatic carbocycles. The predicted molar refractivity (Wildman–Crippen MR) is 75.1 cm³/mol. The van der Waals surface area contributed by atoms with Gasteiger partial charge in [-0.25, -0.2) is 4.79 Å². The van der Waals surface area contributed by atoms with Crippen LogP contribution in [0.5, 0.6) is 0 Å². The quantitative estimate of drug-likeness (QED) is 0.370. The molecule has 0 aliphatic rings. The third-order valence-electron chi connectivity index (χ3n) is 2.75. The standard InChI is InChI=1S/C14H20O3Si/c1-3-8-14(15)17-11-7-12-18(2,16)13-9-5-4-6-10-13/h3-6,8-10,16H,7,11-12H2,1-2H3. The summed E-state index contributed by atoms with van der Waals surface area (Å²) in [7, 11) is -2.38. The number of allylic oxidation sites excluding steroid dienone is 1. The van der Waals surface area contributed by atoms with Gasteiger partial charge in [-0.3, -0.25) is 0 Å². The van der Waals surface area contributed by atoms with E-state index in [1.54, 1.807) is 13.0 Å². The van der Waals surface area contributed by atoms with Crippen molar-refractivity contribution in [1.82, 2.24) is 0 Å². The molecule has 18 heavy (non-hydrogen) atoms. The monoisotopic (exact) mass is 264 g/mol. The molecule has 0 spiro atoms. The minimum atomic E-state index is -2.38. The lowest BCUT2D eigenvalue weighted by Gasteiger charge is -2.20. The van der Waals surface area contributed by atoms with Gasteiger partial charge in [0.25, 0.3) is 0 Å². The highest BCUT2D eigenvalue weighted by Crippen LogP contribution is 2.09. The van der Waals surface area contributed by atoms with Gasteiger partial charge in [0.2, 0.25) is 8.32 Å². The molecule has 4 heteroatoms. The Morgan fingerprint density at radius 3 is 2.67 bits per heavy atom. The maximum Gasteiger partial charge on any atom is 0.330 e. The average Bonchev–Trinajstić information content (AvgIpc) is 2.36. The maximum absolute atomic E-state index is 11.1. The topological polar surface area (TPSA) is 46.5 Å². The lowest BCUT2D eigenvalue weighted by atomic mass is 10.4. The molecule has 1 atom stereocenters.